The summed E-state index contributed by atoms with van der Waals surface area (Å²) in [4.78, 5) is 35.2. The van der Waals surface area contributed by atoms with E-state index in [1.54, 1.807) is 0 Å². The van der Waals surface area contributed by atoms with Gasteiger partial charge in [-0.05, 0) is 57.8 Å². The summed E-state index contributed by atoms with van der Waals surface area (Å²) >= 11 is 0. The number of phosphoric ester groups is 1. The van der Waals surface area contributed by atoms with E-state index >= 15 is 0 Å². The van der Waals surface area contributed by atoms with Crippen molar-refractivity contribution in [2.45, 2.75) is 154 Å². The lowest BCUT2D eigenvalue weighted by Gasteiger charge is -2.24. The summed E-state index contributed by atoms with van der Waals surface area (Å²) in [7, 11) is 1.42. The number of esters is 2. The molecule has 11 heteroatoms. The second-order valence-electron chi connectivity index (χ2n) is 14.7. The molecule has 0 aliphatic heterocycles. The SMILES string of the molecule is CCCCCCCCCCCCCC(=O)OC[C@H](COP(=O)(O)OCC[N+](C)(C)C)OC(=O)CCC/C=C\C/C=C\C/C=C\C/C=C\CCCCCO. The molecule has 0 aliphatic carbocycles. The highest BCUT2D eigenvalue weighted by molar-refractivity contribution is 7.47. The fraction of sp³-hybridized carbons (Fsp3) is 0.762. The van der Waals surface area contributed by atoms with Gasteiger partial charge in [-0.25, -0.2) is 4.57 Å². The smallest absolute Gasteiger partial charge is 0.462 e. The normalized spacial score (nSPS) is 14.2. The van der Waals surface area contributed by atoms with Crippen molar-refractivity contribution in [3.05, 3.63) is 48.6 Å². The number of phosphoric acid groups is 1. The number of ether oxygens (including phenoxy) is 2. The van der Waals surface area contributed by atoms with E-state index in [0.29, 0.717) is 23.9 Å². The molecule has 0 saturated carbocycles. The molecule has 53 heavy (non-hydrogen) atoms. The van der Waals surface area contributed by atoms with Gasteiger partial charge >= 0.3 is 19.8 Å². The lowest BCUT2D eigenvalue weighted by molar-refractivity contribution is -0.870. The van der Waals surface area contributed by atoms with E-state index in [4.69, 9.17) is 23.6 Å². The number of nitrogens with zero attached hydrogens (tertiary/aromatic N) is 1. The van der Waals surface area contributed by atoms with Gasteiger partial charge in [0.25, 0.3) is 0 Å². The number of hydrogen-bond donors (Lipinski definition) is 2. The molecule has 0 heterocycles. The summed E-state index contributed by atoms with van der Waals surface area (Å²) in [5.41, 5.74) is 0. The highest BCUT2D eigenvalue weighted by atomic mass is 31.2. The third kappa shape index (κ3) is 39.4. The van der Waals surface area contributed by atoms with E-state index in [1.807, 2.05) is 27.2 Å². The first-order chi connectivity index (χ1) is 25.5. The third-order valence-corrected chi connectivity index (χ3v) is 9.40. The average Bonchev–Trinajstić information content (AvgIpc) is 3.10. The highest BCUT2D eigenvalue weighted by Gasteiger charge is 2.27. The minimum Gasteiger partial charge on any atom is -0.462 e. The largest absolute Gasteiger partial charge is 0.472 e. The van der Waals surface area contributed by atoms with Crippen molar-refractivity contribution in [1.82, 2.24) is 0 Å². The Morgan fingerprint density at radius 1 is 0.623 bits per heavy atom. The first kappa shape index (κ1) is 50.9. The van der Waals surface area contributed by atoms with Crippen molar-refractivity contribution in [2.24, 2.45) is 0 Å². The Labute approximate surface area is 323 Å². The van der Waals surface area contributed by atoms with Gasteiger partial charge in [0.2, 0.25) is 0 Å². The summed E-state index contributed by atoms with van der Waals surface area (Å²) in [6.07, 6.45) is 37.5. The number of carbonyl (C=O) groups is 2. The second kappa shape index (κ2) is 35.6. The van der Waals surface area contributed by atoms with E-state index in [2.05, 4.69) is 49.5 Å². The van der Waals surface area contributed by atoms with E-state index < -0.39 is 32.5 Å². The molecule has 0 aromatic heterocycles. The quantitative estimate of drug-likeness (QED) is 0.0209. The van der Waals surface area contributed by atoms with Crippen molar-refractivity contribution in [1.29, 1.82) is 0 Å². The van der Waals surface area contributed by atoms with Crippen LogP contribution in [0, 0.1) is 0 Å². The average molecular weight is 771 g/mol. The number of aliphatic hydroxyl groups excluding tert-OH is 1. The molecular formula is C42H77NO9P+. The summed E-state index contributed by atoms with van der Waals surface area (Å²) in [5, 5.41) is 8.79. The molecule has 0 bridgehead atoms. The fourth-order valence-electron chi connectivity index (χ4n) is 5.16. The Bertz CT molecular complexity index is 1050. The van der Waals surface area contributed by atoms with Gasteiger partial charge in [-0.1, -0.05) is 126 Å². The van der Waals surface area contributed by atoms with Gasteiger partial charge in [-0.2, -0.15) is 0 Å². The van der Waals surface area contributed by atoms with Crippen molar-refractivity contribution in [3.63, 3.8) is 0 Å². The Kier molecular flexibility index (Phi) is 34.2. The lowest BCUT2D eigenvalue weighted by Crippen LogP contribution is -2.37. The van der Waals surface area contributed by atoms with E-state index in [0.717, 1.165) is 64.2 Å². The number of likely N-dealkylation sites (N-methyl/N-ethyl adjacent to an activating group) is 1. The molecule has 0 fully saturated rings. The minimum absolute atomic E-state index is 0.0159. The van der Waals surface area contributed by atoms with Crippen molar-refractivity contribution >= 4 is 19.8 Å². The molecule has 0 rings (SSSR count). The Morgan fingerprint density at radius 3 is 1.66 bits per heavy atom. The minimum atomic E-state index is -4.39. The van der Waals surface area contributed by atoms with Crippen LogP contribution in [0.2, 0.25) is 0 Å². The number of aliphatic hydroxyl groups is 1. The molecule has 308 valence electrons. The number of allylic oxidation sites excluding steroid dienone is 8. The molecule has 10 nitrogen and oxygen atoms in total. The Hall–Kier alpha value is -2.07. The molecule has 2 atom stereocenters. The summed E-state index contributed by atoms with van der Waals surface area (Å²) in [6, 6.07) is 0. The fourth-order valence-corrected chi connectivity index (χ4v) is 5.90. The zero-order chi connectivity index (χ0) is 39.3. The predicted octanol–water partition coefficient (Wildman–Crippen LogP) is 10.1. The van der Waals surface area contributed by atoms with Crippen LogP contribution in [0.4, 0.5) is 0 Å². The van der Waals surface area contributed by atoms with Gasteiger partial charge in [0.15, 0.2) is 6.10 Å². The predicted molar refractivity (Wildman–Crippen MR) is 216 cm³/mol. The van der Waals surface area contributed by atoms with Crippen molar-refractivity contribution in [2.75, 3.05) is 54.1 Å². The van der Waals surface area contributed by atoms with Crippen molar-refractivity contribution in [3.8, 4) is 0 Å². The van der Waals surface area contributed by atoms with Gasteiger partial charge in [-0.15, -0.1) is 0 Å². The highest BCUT2D eigenvalue weighted by Crippen LogP contribution is 2.43. The first-order valence-corrected chi connectivity index (χ1v) is 22.0. The lowest BCUT2D eigenvalue weighted by atomic mass is 10.1. The van der Waals surface area contributed by atoms with Gasteiger partial charge in [0.05, 0.1) is 27.7 Å². The number of hydrogen-bond acceptors (Lipinski definition) is 8. The summed E-state index contributed by atoms with van der Waals surface area (Å²) in [5.74, 6) is -0.881. The van der Waals surface area contributed by atoms with Gasteiger partial charge in [0, 0.05) is 19.4 Å². The second-order valence-corrected chi connectivity index (χ2v) is 16.2. The molecule has 0 aromatic carbocycles. The van der Waals surface area contributed by atoms with Crippen LogP contribution in [-0.2, 0) is 32.7 Å². The molecule has 0 radical (unpaired) electrons. The molecule has 2 N–H and O–H groups in total. The van der Waals surface area contributed by atoms with Gasteiger partial charge in [0.1, 0.15) is 19.8 Å². The number of unbranched alkanes of at least 4 members (excludes halogenated alkanes) is 14. The molecule has 0 amide bonds. The van der Waals surface area contributed by atoms with Crippen LogP contribution in [0.1, 0.15) is 148 Å². The molecule has 0 aliphatic rings. The number of carbonyl (C=O) groups excluding carboxylic acids is 2. The molecular weight excluding hydrogens is 693 g/mol. The molecule has 1 unspecified atom stereocenters. The first-order valence-electron chi connectivity index (χ1n) is 20.5. The van der Waals surface area contributed by atoms with Gasteiger partial charge < -0.3 is 24.0 Å². The Balaban J connectivity index is 4.50. The summed E-state index contributed by atoms with van der Waals surface area (Å²) in [6.45, 7) is 2.33. The van der Waals surface area contributed by atoms with Crippen LogP contribution in [-0.4, -0.2) is 86.6 Å². The van der Waals surface area contributed by atoms with Crippen LogP contribution >= 0.6 is 7.82 Å². The van der Waals surface area contributed by atoms with E-state index in [1.165, 1.54) is 51.4 Å². The monoisotopic (exact) mass is 771 g/mol. The topological polar surface area (TPSA) is 129 Å². The number of rotatable bonds is 37. The van der Waals surface area contributed by atoms with Crippen LogP contribution < -0.4 is 0 Å². The maximum Gasteiger partial charge on any atom is 0.472 e. The maximum absolute atomic E-state index is 12.6. The third-order valence-electron chi connectivity index (χ3n) is 8.42. The van der Waals surface area contributed by atoms with Crippen molar-refractivity contribution < 1.29 is 47.2 Å². The molecule has 0 spiro atoms. The van der Waals surface area contributed by atoms with Crippen LogP contribution in [0.25, 0.3) is 0 Å². The molecule has 0 aromatic rings. The Morgan fingerprint density at radius 2 is 1.11 bits per heavy atom. The summed E-state index contributed by atoms with van der Waals surface area (Å²) < 4.78 is 34.1. The van der Waals surface area contributed by atoms with Gasteiger partial charge in [-0.3, -0.25) is 18.6 Å². The van der Waals surface area contributed by atoms with Crippen LogP contribution in [0.15, 0.2) is 48.6 Å². The zero-order valence-electron chi connectivity index (χ0n) is 33.9. The standard InChI is InChI=1S/C42H76NO9P/c1-5-6-7-8-9-10-18-21-24-27-30-33-41(45)49-38-40(39-51-53(47,48)50-37-35-43(2,3)4)52-42(46)34-31-28-25-22-19-16-14-12-11-13-15-17-20-23-26-29-32-36-44/h11,13-14,16-17,20,22,25,40,44H,5-10,12,15,18-19,21,23-24,26-39H2,1-4H3/p+1/b13-11-,16-14-,20-17-,25-22-/t40-/m1/s1. The van der Waals surface area contributed by atoms with Crippen LogP contribution in [0.5, 0.6) is 0 Å². The van der Waals surface area contributed by atoms with E-state index in [-0.39, 0.29) is 32.7 Å². The molecule has 0 saturated heterocycles. The maximum atomic E-state index is 12.6. The van der Waals surface area contributed by atoms with Crippen LogP contribution in [0.3, 0.4) is 0 Å². The zero-order valence-corrected chi connectivity index (χ0v) is 34.8. The number of quaternary nitrogens is 1. The van der Waals surface area contributed by atoms with E-state index in [9.17, 15) is 19.0 Å².